The second kappa shape index (κ2) is 6.03. The van der Waals surface area contributed by atoms with Crippen LogP contribution < -0.4 is 5.32 Å². The topological polar surface area (TPSA) is 38.1 Å². The molecule has 0 amide bonds. The normalized spacial score (nSPS) is 10.8. The number of hydrogen-bond donors (Lipinski definition) is 1. The average Bonchev–Trinajstić information content (AvgIpc) is 3.15. The van der Waals surface area contributed by atoms with Crippen LogP contribution in [0.2, 0.25) is 0 Å². The molecular formula is C16H16N2OS. The van der Waals surface area contributed by atoms with Crippen LogP contribution in [-0.4, -0.2) is 11.5 Å². The molecule has 20 heavy (non-hydrogen) atoms. The summed E-state index contributed by atoms with van der Waals surface area (Å²) in [4.78, 5) is 5.99. The fourth-order valence-electron chi connectivity index (χ4n) is 2.04. The second-order valence-corrected chi connectivity index (χ2v) is 5.45. The lowest BCUT2D eigenvalue weighted by molar-refractivity contribution is 0.568. The molecule has 2 heterocycles. The summed E-state index contributed by atoms with van der Waals surface area (Å²) in [7, 11) is 0. The first-order valence-corrected chi connectivity index (χ1v) is 7.48. The van der Waals surface area contributed by atoms with Gasteiger partial charge in [0.25, 0.3) is 0 Å². The molecule has 3 nitrogen and oxygen atoms in total. The number of furan rings is 1. The van der Waals surface area contributed by atoms with Gasteiger partial charge in [0.15, 0.2) is 0 Å². The van der Waals surface area contributed by atoms with Gasteiger partial charge in [-0.2, -0.15) is 0 Å². The molecule has 0 aliphatic heterocycles. The molecule has 0 saturated heterocycles. The van der Waals surface area contributed by atoms with Gasteiger partial charge in [0, 0.05) is 12.1 Å². The summed E-state index contributed by atoms with van der Waals surface area (Å²) in [5.41, 5.74) is 3.35. The summed E-state index contributed by atoms with van der Waals surface area (Å²) in [6.45, 7) is 3.83. The maximum atomic E-state index is 5.16. The Labute approximate surface area is 122 Å². The lowest BCUT2D eigenvalue weighted by atomic mass is 10.1. The van der Waals surface area contributed by atoms with Gasteiger partial charge >= 0.3 is 0 Å². The summed E-state index contributed by atoms with van der Waals surface area (Å²) in [6, 6.07) is 12.4. The van der Waals surface area contributed by atoms with Crippen molar-refractivity contribution in [3.05, 3.63) is 54.6 Å². The van der Waals surface area contributed by atoms with Gasteiger partial charge < -0.3 is 9.73 Å². The summed E-state index contributed by atoms with van der Waals surface area (Å²) in [5.74, 6) is 0. The minimum absolute atomic E-state index is 0.787. The molecule has 0 unspecified atom stereocenters. The molecule has 0 bridgehead atoms. The lowest BCUT2D eigenvalue weighted by Gasteiger charge is -2.02. The van der Waals surface area contributed by atoms with E-state index in [1.165, 1.54) is 10.4 Å². The maximum absolute atomic E-state index is 5.16. The first-order valence-electron chi connectivity index (χ1n) is 6.67. The van der Waals surface area contributed by atoms with Gasteiger partial charge in [0.05, 0.1) is 16.8 Å². The van der Waals surface area contributed by atoms with Gasteiger partial charge in [-0.3, -0.25) is 0 Å². The second-order valence-electron chi connectivity index (χ2n) is 4.45. The summed E-state index contributed by atoms with van der Waals surface area (Å²) < 4.78 is 5.16. The predicted molar refractivity (Wildman–Crippen MR) is 82.6 cm³/mol. The Kier molecular flexibility index (Phi) is 3.95. The Morgan fingerprint density at radius 1 is 1.15 bits per heavy atom. The highest BCUT2D eigenvalue weighted by Crippen LogP contribution is 2.35. The molecule has 0 fully saturated rings. The van der Waals surface area contributed by atoms with Crippen molar-refractivity contribution in [2.24, 2.45) is 0 Å². The summed E-state index contributed by atoms with van der Waals surface area (Å²) in [6.07, 6.45) is 3.42. The molecular weight excluding hydrogens is 268 g/mol. The standard InChI is InChI=1S/C16H16N2OS/c1-2-17-10-14-15(12-6-4-3-5-7-12)20-16(18-14)13-8-9-19-11-13/h3-9,11,17H,2,10H2,1H3. The van der Waals surface area contributed by atoms with E-state index in [0.717, 1.165) is 29.4 Å². The molecule has 1 aromatic carbocycles. The van der Waals surface area contributed by atoms with Crippen molar-refractivity contribution >= 4 is 11.3 Å². The van der Waals surface area contributed by atoms with E-state index in [-0.39, 0.29) is 0 Å². The minimum atomic E-state index is 0.787. The van der Waals surface area contributed by atoms with E-state index in [1.54, 1.807) is 23.9 Å². The van der Waals surface area contributed by atoms with Crippen LogP contribution in [0.4, 0.5) is 0 Å². The lowest BCUT2D eigenvalue weighted by Crippen LogP contribution is -2.12. The van der Waals surface area contributed by atoms with E-state index in [0.29, 0.717) is 0 Å². The van der Waals surface area contributed by atoms with Gasteiger partial charge in [-0.05, 0) is 18.2 Å². The number of rotatable bonds is 5. The van der Waals surface area contributed by atoms with Crippen LogP contribution in [0.3, 0.4) is 0 Å². The monoisotopic (exact) mass is 284 g/mol. The third-order valence-corrected chi connectivity index (χ3v) is 4.24. The first kappa shape index (κ1) is 13.1. The number of benzene rings is 1. The Balaban J connectivity index is 2.02. The highest BCUT2D eigenvalue weighted by atomic mass is 32.1. The fraction of sp³-hybridized carbons (Fsp3) is 0.188. The molecule has 0 saturated carbocycles. The van der Waals surface area contributed by atoms with Gasteiger partial charge in [-0.1, -0.05) is 37.3 Å². The van der Waals surface area contributed by atoms with E-state index >= 15 is 0 Å². The van der Waals surface area contributed by atoms with Gasteiger partial charge in [-0.15, -0.1) is 11.3 Å². The number of nitrogens with one attached hydrogen (secondary N) is 1. The van der Waals surface area contributed by atoms with E-state index in [9.17, 15) is 0 Å². The number of nitrogens with zero attached hydrogens (tertiary/aromatic N) is 1. The Morgan fingerprint density at radius 3 is 2.70 bits per heavy atom. The molecule has 4 heteroatoms. The van der Waals surface area contributed by atoms with Crippen molar-refractivity contribution in [3.63, 3.8) is 0 Å². The third-order valence-electron chi connectivity index (χ3n) is 3.04. The molecule has 3 aromatic rings. The van der Waals surface area contributed by atoms with Crippen LogP contribution in [0, 0.1) is 0 Å². The maximum Gasteiger partial charge on any atom is 0.127 e. The zero-order valence-electron chi connectivity index (χ0n) is 11.3. The molecule has 0 atom stereocenters. The average molecular weight is 284 g/mol. The third kappa shape index (κ3) is 2.66. The molecule has 0 radical (unpaired) electrons. The van der Waals surface area contributed by atoms with Gasteiger partial charge in [0.1, 0.15) is 11.3 Å². The SMILES string of the molecule is CCNCc1nc(-c2ccoc2)sc1-c1ccccc1. The van der Waals surface area contributed by atoms with Gasteiger partial charge in [0.2, 0.25) is 0 Å². The molecule has 0 aliphatic rings. The van der Waals surface area contributed by atoms with Crippen LogP contribution in [0.25, 0.3) is 21.0 Å². The van der Waals surface area contributed by atoms with Crippen LogP contribution >= 0.6 is 11.3 Å². The Morgan fingerprint density at radius 2 is 2.00 bits per heavy atom. The van der Waals surface area contributed by atoms with E-state index in [2.05, 4.69) is 36.5 Å². The Bertz CT molecular complexity index is 659. The quantitative estimate of drug-likeness (QED) is 0.763. The predicted octanol–water partition coefficient (Wildman–Crippen LogP) is 4.18. The smallest absolute Gasteiger partial charge is 0.127 e. The van der Waals surface area contributed by atoms with E-state index < -0.39 is 0 Å². The summed E-state index contributed by atoms with van der Waals surface area (Å²) >= 11 is 1.71. The Hall–Kier alpha value is -1.91. The highest BCUT2D eigenvalue weighted by Gasteiger charge is 2.14. The molecule has 3 rings (SSSR count). The van der Waals surface area contributed by atoms with Crippen LogP contribution in [0.5, 0.6) is 0 Å². The molecule has 0 spiro atoms. The molecule has 2 aromatic heterocycles. The number of hydrogen-bond acceptors (Lipinski definition) is 4. The van der Waals surface area contributed by atoms with Crippen molar-refractivity contribution < 1.29 is 4.42 Å². The van der Waals surface area contributed by atoms with Crippen molar-refractivity contribution in [1.82, 2.24) is 10.3 Å². The van der Waals surface area contributed by atoms with Gasteiger partial charge in [-0.25, -0.2) is 4.98 Å². The number of aromatic nitrogens is 1. The minimum Gasteiger partial charge on any atom is -0.472 e. The van der Waals surface area contributed by atoms with Crippen LogP contribution in [-0.2, 0) is 6.54 Å². The summed E-state index contributed by atoms with van der Waals surface area (Å²) in [5, 5.41) is 4.36. The zero-order chi connectivity index (χ0) is 13.8. The van der Waals surface area contributed by atoms with E-state index in [1.807, 2.05) is 12.1 Å². The first-order chi connectivity index (χ1) is 9.88. The van der Waals surface area contributed by atoms with Crippen LogP contribution in [0.1, 0.15) is 12.6 Å². The van der Waals surface area contributed by atoms with Crippen molar-refractivity contribution in [2.45, 2.75) is 13.5 Å². The molecule has 102 valence electrons. The van der Waals surface area contributed by atoms with Crippen molar-refractivity contribution in [3.8, 4) is 21.0 Å². The number of thiazole rings is 1. The van der Waals surface area contributed by atoms with E-state index in [4.69, 9.17) is 9.40 Å². The molecule has 0 aliphatic carbocycles. The molecule has 1 N–H and O–H groups in total. The van der Waals surface area contributed by atoms with Crippen LogP contribution in [0.15, 0.2) is 53.3 Å². The largest absolute Gasteiger partial charge is 0.472 e. The van der Waals surface area contributed by atoms with Crippen molar-refractivity contribution in [1.29, 1.82) is 0 Å². The van der Waals surface area contributed by atoms with Crippen molar-refractivity contribution in [2.75, 3.05) is 6.54 Å². The highest BCUT2D eigenvalue weighted by molar-refractivity contribution is 7.18. The zero-order valence-corrected chi connectivity index (χ0v) is 12.1. The fourth-order valence-corrected chi connectivity index (χ4v) is 3.11.